The van der Waals surface area contributed by atoms with Crippen molar-refractivity contribution in [2.24, 2.45) is 0 Å². The first-order valence-corrected chi connectivity index (χ1v) is 11.7. The molecular formula is C26H28ClN3O2. The molecule has 1 N–H and O–H groups in total. The monoisotopic (exact) mass is 449 g/mol. The number of aromatic nitrogens is 2. The van der Waals surface area contributed by atoms with Crippen molar-refractivity contribution in [1.29, 1.82) is 5.26 Å². The lowest BCUT2D eigenvalue weighted by atomic mass is 9.89. The van der Waals surface area contributed by atoms with Crippen LogP contribution in [0.25, 0.3) is 11.0 Å². The summed E-state index contributed by atoms with van der Waals surface area (Å²) in [5.41, 5.74) is 1.89. The largest absolute Gasteiger partial charge is 0.385 e. The van der Waals surface area contributed by atoms with Gasteiger partial charge < -0.3 is 9.67 Å². The van der Waals surface area contributed by atoms with Crippen molar-refractivity contribution in [3.05, 3.63) is 64.4 Å². The minimum atomic E-state index is -1.14. The molecule has 1 fully saturated rings. The number of unbranched alkanes of at least 4 members (excludes halogenated alkanes) is 1. The Kier molecular flexibility index (Phi) is 6.64. The highest BCUT2D eigenvalue weighted by atomic mass is 35.5. The maximum atomic E-state index is 12.5. The Morgan fingerprint density at radius 3 is 2.69 bits per heavy atom. The van der Waals surface area contributed by atoms with Gasteiger partial charge in [0.25, 0.3) is 0 Å². The van der Waals surface area contributed by atoms with Gasteiger partial charge in [0, 0.05) is 25.3 Å². The number of imidazole rings is 1. The Morgan fingerprint density at radius 2 is 2.03 bits per heavy atom. The highest BCUT2D eigenvalue weighted by molar-refractivity contribution is 6.32. The number of rotatable bonds is 9. The number of hydrogen-bond donors (Lipinski definition) is 1. The standard InChI is InChI=1S/C26H28ClN3O2/c1-26(32,19-8-3-2-4-9-19)16-21(31)12-5-6-13-25-29-23-15-22(27)18(17-28)14-24(23)30(25)20-10-7-11-20/h2-4,8-9,14-15,20,32H,5-7,10-13,16H2,1H3. The Balaban J connectivity index is 1.39. The van der Waals surface area contributed by atoms with Crippen LogP contribution in [0.5, 0.6) is 0 Å². The fourth-order valence-corrected chi connectivity index (χ4v) is 4.66. The lowest BCUT2D eigenvalue weighted by Crippen LogP contribution is -2.25. The third-order valence-electron chi connectivity index (χ3n) is 6.45. The predicted molar refractivity (Wildman–Crippen MR) is 126 cm³/mol. The molecule has 0 saturated heterocycles. The van der Waals surface area contributed by atoms with Crippen LogP contribution in [0.4, 0.5) is 0 Å². The number of benzene rings is 2. The third-order valence-corrected chi connectivity index (χ3v) is 6.77. The lowest BCUT2D eigenvalue weighted by Gasteiger charge is -2.29. The van der Waals surface area contributed by atoms with Crippen molar-refractivity contribution < 1.29 is 9.90 Å². The van der Waals surface area contributed by atoms with Crippen LogP contribution >= 0.6 is 11.6 Å². The van der Waals surface area contributed by atoms with Gasteiger partial charge in [0.05, 0.1) is 27.2 Å². The maximum absolute atomic E-state index is 12.5. The average Bonchev–Trinajstić information content (AvgIpc) is 3.06. The number of halogens is 1. The number of nitriles is 1. The molecule has 0 amide bonds. The van der Waals surface area contributed by atoms with E-state index in [0.717, 1.165) is 54.5 Å². The van der Waals surface area contributed by atoms with Crippen molar-refractivity contribution in [3.63, 3.8) is 0 Å². The van der Waals surface area contributed by atoms with Gasteiger partial charge in [-0.3, -0.25) is 4.79 Å². The molecule has 1 aliphatic carbocycles. The van der Waals surface area contributed by atoms with Gasteiger partial charge in [-0.15, -0.1) is 0 Å². The molecule has 166 valence electrons. The topological polar surface area (TPSA) is 78.9 Å². The minimum Gasteiger partial charge on any atom is -0.385 e. The summed E-state index contributed by atoms with van der Waals surface area (Å²) in [4.78, 5) is 17.3. The summed E-state index contributed by atoms with van der Waals surface area (Å²) in [7, 11) is 0. The van der Waals surface area contributed by atoms with E-state index in [1.165, 1.54) is 6.42 Å². The van der Waals surface area contributed by atoms with Crippen LogP contribution in [0.2, 0.25) is 5.02 Å². The second-order valence-electron chi connectivity index (χ2n) is 8.98. The van der Waals surface area contributed by atoms with Gasteiger partial charge in [-0.2, -0.15) is 5.26 Å². The molecule has 1 aliphatic rings. The third kappa shape index (κ3) is 4.72. The molecule has 1 heterocycles. The van der Waals surface area contributed by atoms with Crippen LogP contribution < -0.4 is 0 Å². The molecule has 1 unspecified atom stereocenters. The number of aryl methyl sites for hydroxylation is 1. The van der Waals surface area contributed by atoms with E-state index in [9.17, 15) is 15.2 Å². The smallest absolute Gasteiger partial charge is 0.136 e. The zero-order valence-electron chi connectivity index (χ0n) is 18.4. The van der Waals surface area contributed by atoms with Gasteiger partial charge in [-0.25, -0.2) is 4.98 Å². The first-order chi connectivity index (χ1) is 15.4. The van der Waals surface area contributed by atoms with Gasteiger partial charge in [0.15, 0.2) is 0 Å². The molecule has 32 heavy (non-hydrogen) atoms. The number of Topliss-reactive ketones (excluding diaryl/α,β-unsaturated/α-hetero) is 1. The van der Waals surface area contributed by atoms with Gasteiger partial charge in [-0.1, -0.05) is 41.9 Å². The Morgan fingerprint density at radius 1 is 1.28 bits per heavy atom. The fourth-order valence-electron chi connectivity index (χ4n) is 4.46. The molecule has 5 nitrogen and oxygen atoms in total. The Labute approximate surface area is 193 Å². The Bertz CT molecular complexity index is 1160. The van der Waals surface area contributed by atoms with E-state index in [-0.39, 0.29) is 12.2 Å². The van der Waals surface area contributed by atoms with Gasteiger partial charge >= 0.3 is 0 Å². The normalized spacial score (nSPS) is 15.8. The summed E-state index contributed by atoms with van der Waals surface area (Å²) in [5.74, 6) is 1.07. The molecular weight excluding hydrogens is 422 g/mol. The molecule has 1 saturated carbocycles. The number of nitrogens with zero attached hydrogens (tertiary/aromatic N) is 3. The highest BCUT2D eigenvalue weighted by Crippen LogP contribution is 2.37. The SMILES string of the molecule is CC(O)(CC(=O)CCCCc1nc2cc(Cl)c(C#N)cc2n1C1CCC1)c1ccccc1. The molecule has 0 bridgehead atoms. The van der Waals surface area contributed by atoms with Crippen LogP contribution in [0, 0.1) is 11.3 Å². The fraction of sp³-hybridized carbons (Fsp3) is 0.423. The van der Waals surface area contributed by atoms with Crippen LogP contribution in [-0.4, -0.2) is 20.4 Å². The van der Waals surface area contributed by atoms with E-state index in [4.69, 9.17) is 16.6 Å². The van der Waals surface area contributed by atoms with E-state index in [2.05, 4.69) is 10.6 Å². The summed E-state index contributed by atoms with van der Waals surface area (Å²) in [6.45, 7) is 1.70. The van der Waals surface area contributed by atoms with E-state index in [1.807, 2.05) is 36.4 Å². The van der Waals surface area contributed by atoms with Crippen LogP contribution in [0.1, 0.15) is 74.9 Å². The number of carbonyl (C=O) groups is 1. The zero-order valence-corrected chi connectivity index (χ0v) is 19.1. The first-order valence-electron chi connectivity index (χ1n) is 11.3. The number of ketones is 1. The van der Waals surface area contributed by atoms with Crippen LogP contribution in [0.15, 0.2) is 42.5 Å². The zero-order chi connectivity index (χ0) is 22.7. The summed E-state index contributed by atoms with van der Waals surface area (Å²) < 4.78 is 2.28. The molecule has 0 radical (unpaired) electrons. The summed E-state index contributed by atoms with van der Waals surface area (Å²) in [6, 6.07) is 15.6. The van der Waals surface area contributed by atoms with Crippen molar-refractivity contribution in [2.45, 2.75) is 69.9 Å². The van der Waals surface area contributed by atoms with Crippen molar-refractivity contribution in [2.75, 3.05) is 0 Å². The predicted octanol–water partition coefficient (Wildman–Crippen LogP) is 5.87. The second-order valence-corrected chi connectivity index (χ2v) is 9.38. The maximum Gasteiger partial charge on any atom is 0.136 e. The molecule has 6 heteroatoms. The van der Waals surface area contributed by atoms with Crippen LogP contribution in [0.3, 0.4) is 0 Å². The van der Waals surface area contributed by atoms with E-state index >= 15 is 0 Å². The average molecular weight is 450 g/mol. The second kappa shape index (κ2) is 9.44. The first kappa shape index (κ1) is 22.5. The van der Waals surface area contributed by atoms with Crippen molar-refractivity contribution >= 4 is 28.4 Å². The highest BCUT2D eigenvalue weighted by Gasteiger charge is 2.27. The van der Waals surface area contributed by atoms with E-state index < -0.39 is 5.60 Å². The lowest BCUT2D eigenvalue weighted by molar-refractivity contribution is -0.123. The van der Waals surface area contributed by atoms with Gasteiger partial charge in [-0.05, 0) is 56.7 Å². The summed E-state index contributed by atoms with van der Waals surface area (Å²) in [5, 5.41) is 20.5. The molecule has 0 aliphatic heterocycles. The molecule has 0 spiro atoms. The quantitative estimate of drug-likeness (QED) is 0.414. The van der Waals surface area contributed by atoms with E-state index in [1.54, 1.807) is 13.0 Å². The molecule has 1 aromatic heterocycles. The van der Waals surface area contributed by atoms with Crippen molar-refractivity contribution in [1.82, 2.24) is 9.55 Å². The van der Waals surface area contributed by atoms with Gasteiger partial charge in [0.1, 0.15) is 17.7 Å². The number of aliphatic hydroxyl groups is 1. The number of carbonyl (C=O) groups excluding carboxylic acids is 1. The minimum absolute atomic E-state index is 0.0665. The van der Waals surface area contributed by atoms with E-state index in [0.29, 0.717) is 23.0 Å². The van der Waals surface area contributed by atoms with Crippen LogP contribution in [-0.2, 0) is 16.8 Å². The Hall–Kier alpha value is -2.68. The molecule has 2 aromatic carbocycles. The number of hydrogen-bond acceptors (Lipinski definition) is 4. The molecule has 1 atom stereocenters. The molecule has 3 aromatic rings. The number of fused-ring (bicyclic) bond motifs is 1. The van der Waals surface area contributed by atoms with Crippen molar-refractivity contribution in [3.8, 4) is 6.07 Å². The van der Waals surface area contributed by atoms with Gasteiger partial charge in [0.2, 0.25) is 0 Å². The summed E-state index contributed by atoms with van der Waals surface area (Å²) >= 11 is 6.22. The molecule has 4 rings (SSSR count). The summed E-state index contributed by atoms with van der Waals surface area (Å²) in [6.07, 6.45) is 6.37.